The molecule has 2 aromatic rings. The molecule has 0 aromatic heterocycles. The number of anilines is 1. The molecule has 0 amide bonds. The van der Waals surface area contributed by atoms with E-state index in [4.69, 9.17) is 4.84 Å². The summed E-state index contributed by atoms with van der Waals surface area (Å²) >= 11 is 0. The Bertz CT molecular complexity index is 361. The van der Waals surface area contributed by atoms with Gasteiger partial charge >= 0.3 is 0 Å². The van der Waals surface area contributed by atoms with Gasteiger partial charge in [-0.15, -0.1) is 5.59 Å². The van der Waals surface area contributed by atoms with Crippen LogP contribution in [0.3, 0.4) is 0 Å². The fourth-order valence-corrected chi connectivity index (χ4v) is 1.31. The minimum Gasteiger partial charge on any atom is -0.299 e. The normalized spacial score (nSPS) is 10.0. The summed E-state index contributed by atoms with van der Waals surface area (Å²) in [5.41, 5.74) is 7.74. The molecule has 0 saturated carbocycles. The van der Waals surface area contributed by atoms with Crippen molar-refractivity contribution >= 4 is 5.69 Å². The molecule has 0 bridgehead atoms. The number of hydrogen-bond donors (Lipinski definition) is 2. The molecule has 3 heteroatoms. The Morgan fingerprint density at radius 1 is 0.812 bits per heavy atom. The quantitative estimate of drug-likeness (QED) is 0.593. The lowest BCUT2D eigenvalue weighted by Crippen LogP contribution is -2.21. The number of rotatable bonds is 5. The zero-order valence-electron chi connectivity index (χ0n) is 8.89. The SMILES string of the molecule is c1ccc(CONNc2ccccc2)cc1. The fraction of sp³-hybridized carbons (Fsp3) is 0.0769. The molecule has 0 aliphatic heterocycles. The minimum absolute atomic E-state index is 0.528. The fourth-order valence-electron chi connectivity index (χ4n) is 1.31. The second-order valence-corrected chi connectivity index (χ2v) is 3.37. The summed E-state index contributed by atoms with van der Waals surface area (Å²) in [5, 5.41) is 0. The maximum Gasteiger partial charge on any atom is 0.0954 e. The van der Waals surface area contributed by atoms with Crippen LogP contribution in [0.5, 0.6) is 0 Å². The van der Waals surface area contributed by atoms with E-state index in [1.807, 2.05) is 60.7 Å². The van der Waals surface area contributed by atoms with E-state index in [2.05, 4.69) is 11.0 Å². The molecular weight excluding hydrogens is 200 g/mol. The standard InChI is InChI=1S/C13H14N2O/c1-3-7-12(8-4-1)11-16-15-14-13-9-5-2-6-10-13/h1-10,14-15H,11H2. The number of hydrogen-bond acceptors (Lipinski definition) is 3. The van der Waals surface area contributed by atoms with E-state index in [0.717, 1.165) is 11.3 Å². The van der Waals surface area contributed by atoms with Gasteiger partial charge in [-0.2, -0.15) is 0 Å². The van der Waals surface area contributed by atoms with Crippen LogP contribution in [0.4, 0.5) is 5.69 Å². The van der Waals surface area contributed by atoms with E-state index in [1.54, 1.807) is 0 Å². The van der Waals surface area contributed by atoms with Crippen molar-refractivity contribution in [1.82, 2.24) is 5.59 Å². The van der Waals surface area contributed by atoms with Gasteiger partial charge in [0.2, 0.25) is 0 Å². The molecule has 0 radical (unpaired) electrons. The molecule has 0 aliphatic carbocycles. The van der Waals surface area contributed by atoms with Gasteiger partial charge in [0, 0.05) is 0 Å². The first-order chi connectivity index (χ1) is 7.95. The summed E-state index contributed by atoms with van der Waals surface area (Å²) in [4.78, 5) is 5.26. The van der Waals surface area contributed by atoms with Crippen LogP contribution in [-0.4, -0.2) is 0 Å². The Morgan fingerprint density at radius 2 is 1.44 bits per heavy atom. The number of benzene rings is 2. The average molecular weight is 214 g/mol. The average Bonchev–Trinajstić information content (AvgIpc) is 2.37. The lowest BCUT2D eigenvalue weighted by Gasteiger charge is -2.08. The molecule has 16 heavy (non-hydrogen) atoms. The summed E-state index contributed by atoms with van der Waals surface area (Å²) in [7, 11) is 0. The van der Waals surface area contributed by atoms with Gasteiger partial charge in [0.1, 0.15) is 0 Å². The first-order valence-electron chi connectivity index (χ1n) is 5.17. The third-order valence-corrected chi connectivity index (χ3v) is 2.12. The predicted octanol–water partition coefficient (Wildman–Crippen LogP) is 2.73. The molecule has 0 heterocycles. The highest BCUT2D eigenvalue weighted by molar-refractivity contribution is 5.40. The van der Waals surface area contributed by atoms with Gasteiger partial charge in [0.05, 0.1) is 12.3 Å². The minimum atomic E-state index is 0.528. The van der Waals surface area contributed by atoms with Gasteiger partial charge in [-0.25, -0.2) is 0 Å². The molecule has 0 saturated heterocycles. The number of para-hydroxylation sites is 1. The van der Waals surface area contributed by atoms with Gasteiger partial charge in [-0.1, -0.05) is 48.5 Å². The van der Waals surface area contributed by atoms with E-state index in [1.165, 1.54) is 0 Å². The summed E-state index contributed by atoms with van der Waals surface area (Å²) in [5.74, 6) is 0. The lowest BCUT2D eigenvalue weighted by molar-refractivity contribution is 0.0436. The van der Waals surface area contributed by atoms with Crippen molar-refractivity contribution in [3.8, 4) is 0 Å². The van der Waals surface area contributed by atoms with Crippen LogP contribution < -0.4 is 11.0 Å². The summed E-state index contributed by atoms with van der Waals surface area (Å²) in [6.07, 6.45) is 0. The van der Waals surface area contributed by atoms with Gasteiger partial charge in [0.25, 0.3) is 0 Å². The largest absolute Gasteiger partial charge is 0.299 e. The number of hydrazine groups is 1. The topological polar surface area (TPSA) is 33.3 Å². The first kappa shape index (κ1) is 10.7. The Kier molecular flexibility index (Phi) is 3.94. The Labute approximate surface area is 95.0 Å². The molecule has 3 nitrogen and oxygen atoms in total. The van der Waals surface area contributed by atoms with Crippen molar-refractivity contribution in [2.24, 2.45) is 0 Å². The third-order valence-electron chi connectivity index (χ3n) is 2.12. The highest BCUT2D eigenvalue weighted by Gasteiger charge is 1.91. The highest BCUT2D eigenvalue weighted by Crippen LogP contribution is 2.03. The lowest BCUT2D eigenvalue weighted by atomic mass is 10.2. The van der Waals surface area contributed by atoms with Crippen molar-refractivity contribution < 1.29 is 4.84 Å². The van der Waals surface area contributed by atoms with Gasteiger partial charge in [0.15, 0.2) is 0 Å². The maximum atomic E-state index is 5.26. The van der Waals surface area contributed by atoms with Gasteiger partial charge < -0.3 is 0 Å². The van der Waals surface area contributed by atoms with Crippen LogP contribution in [0.25, 0.3) is 0 Å². The van der Waals surface area contributed by atoms with Crippen LogP contribution in [0, 0.1) is 0 Å². The molecule has 0 unspecified atom stereocenters. The predicted molar refractivity (Wildman–Crippen MR) is 64.4 cm³/mol. The molecule has 2 N–H and O–H groups in total. The second-order valence-electron chi connectivity index (χ2n) is 3.37. The van der Waals surface area contributed by atoms with Crippen LogP contribution in [0.15, 0.2) is 60.7 Å². The van der Waals surface area contributed by atoms with E-state index < -0.39 is 0 Å². The molecule has 0 spiro atoms. The summed E-state index contributed by atoms with van der Waals surface area (Å²) in [6, 6.07) is 19.8. The van der Waals surface area contributed by atoms with Crippen molar-refractivity contribution in [2.75, 3.05) is 5.43 Å². The van der Waals surface area contributed by atoms with Crippen molar-refractivity contribution in [1.29, 1.82) is 0 Å². The second kappa shape index (κ2) is 5.90. The van der Waals surface area contributed by atoms with E-state index in [9.17, 15) is 0 Å². The van der Waals surface area contributed by atoms with Gasteiger partial charge in [-0.3, -0.25) is 10.3 Å². The van der Waals surface area contributed by atoms with Crippen molar-refractivity contribution in [3.63, 3.8) is 0 Å². The summed E-state index contributed by atoms with van der Waals surface area (Å²) in [6.45, 7) is 0.528. The Morgan fingerprint density at radius 3 is 2.12 bits per heavy atom. The molecule has 0 aliphatic rings. The van der Waals surface area contributed by atoms with Gasteiger partial charge in [-0.05, 0) is 17.7 Å². The van der Waals surface area contributed by atoms with Crippen LogP contribution in [0.1, 0.15) is 5.56 Å². The van der Waals surface area contributed by atoms with Crippen molar-refractivity contribution in [3.05, 3.63) is 66.2 Å². The third kappa shape index (κ3) is 3.38. The molecule has 2 aromatic carbocycles. The monoisotopic (exact) mass is 214 g/mol. The zero-order valence-corrected chi connectivity index (χ0v) is 8.89. The highest BCUT2D eigenvalue weighted by atomic mass is 16.7. The smallest absolute Gasteiger partial charge is 0.0954 e. The molecule has 0 atom stereocenters. The van der Waals surface area contributed by atoms with Crippen molar-refractivity contribution in [2.45, 2.75) is 6.61 Å². The molecule has 82 valence electrons. The van der Waals surface area contributed by atoms with E-state index in [-0.39, 0.29) is 0 Å². The number of nitrogens with one attached hydrogen (secondary N) is 2. The molecule has 0 fully saturated rings. The molecule has 2 rings (SSSR count). The Hall–Kier alpha value is -1.84. The Balaban J connectivity index is 1.70. The first-order valence-corrected chi connectivity index (χ1v) is 5.17. The van der Waals surface area contributed by atoms with E-state index >= 15 is 0 Å². The molecular formula is C13H14N2O. The summed E-state index contributed by atoms with van der Waals surface area (Å²) < 4.78 is 0. The maximum absolute atomic E-state index is 5.26. The van der Waals surface area contributed by atoms with Crippen LogP contribution in [0.2, 0.25) is 0 Å². The van der Waals surface area contributed by atoms with Crippen LogP contribution >= 0.6 is 0 Å². The zero-order chi connectivity index (χ0) is 11.1. The van der Waals surface area contributed by atoms with E-state index in [0.29, 0.717) is 6.61 Å². The van der Waals surface area contributed by atoms with Crippen LogP contribution in [-0.2, 0) is 11.4 Å².